The maximum absolute atomic E-state index is 13.0. The minimum atomic E-state index is -0.822. The summed E-state index contributed by atoms with van der Waals surface area (Å²) in [5, 5.41) is 19.4. The SMILES string of the molecule is CC(C)C(O)C(O)Cc1ccc(F)c(Br)c1. The molecule has 1 aromatic carbocycles. The smallest absolute Gasteiger partial charge is 0.137 e. The summed E-state index contributed by atoms with van der Waals surface area (Å²) < 4.78 is 13.3. The number of benzene rings is 1. The van der Waals surface area contributed by atoms with Gasteiger partial charge in [0.05, 0.1) is 16.7 Å². The van der Waals surface area contributed by atoms with Gasteiger partial charge in [-0.3, -0.25) is 0 Å². The van der Waals surface area contributed by atoms with Gasteiger partial charge in [-0.05, 0) is 39.5 Å². The molecule has 0 amide bonds. The fraction of sp³-hybridized carbons (Fsp3) is 0.500. The lowest BCUT2D eigenvalue weighted by Crippen LogP contribution is -2.32. The molecule has 0 bridgehead atoms. The van der Waals surface area contributed by atoms with Gasteiger partial charge < -0.3 is 10.2 Å². The minimum absolute atomic E-state index is 0.00103. The Balaban J connectivity index is 2.69. The van der Waals surface area contributed by atoms with E-state index in [9.17, 15) is 14.6 Å². The molecular formula is C12H16BrFO2. The van der Waals surface area contributed by atoms with Gasteiger partial charge in [0, 0.05) is 6.42 Å². The molecule has 2 atom stereocenters. The van der Waals surface area contributed by atoms with Crippen LogP contribution in [-0.4, -0.2) is 22.4 Å². The predicted octanol–water partition coefficient (Wildman–Crippen LogP) is 2.51. The van der Waals surface area contributed by atoms with Crippen molar-refractivity contribution in [2.24, 2.45) is 5.92 Å². The van der Waals surface area contributed by atoms with E-state index in [-0.39, 0.29) is 11.7 Å². The third-order valence-electron chi connectivity index (χ3n) is 2.51. The zero-order valence-corrected chi connectivity index (χ0v) is 10.9. The van der Waals surface area contributed by atoms with Gasteiger partial charge in [-0.1, -0.05) is 19.9 Å². The van der Waals surface area contributed by atoms with E-state index in [0.717, 1.165) is 5.56 Å². The zero-order valence-electron chi connectivity index (χ0n) is 9.32. The lowest BCUT2D eigenvalue weighted by Gasteiger charge is -2.21. The second-order valence-corrected chi connectivity index (χ2v) is 5.11. The van der Waals surface area contributed by atoms with E-state index in [1.165, 1.54) is 6.07 Å². The fourth-order valence-electron chi connectivity index (χ4n) is 1.47. The Kier molecular flexibility index (Phi) is 4.89. The molecule has 0 aliphatic heterocycles. The molecule has 0 spiro atoms. The van der Waals surface area contributed by atoms with E-state index in [1.54, 1.807) is 12.1 Å². The van der Waals surface area contributed by atoms with Crippen LogP contribution in [0.1, 0.15) is 19.4 Å². The molecule has 2 N–H and O–H groups in total. The highest BCUT2D eigenvalue weighted by Gasteiger charge is 2.20. The summed E-state index contributed by atoms with van der Waals surface area (Å²) in [6.07, 6.45) is -1.26. The quantitative estimate of drug-likeness (QED) is 0.895. The molecule has 4 heteroatoms. The highest BCUT2D eigenvalue weighted by atomic mass is 79.9. The van der Waals surface area contributed by atoms with Gasteiger partial charge in [-0.2, -0.15) is 0 Å². The maximum Gasteiger partial charge on any atom is 0.137 e. The Morgan fingerprint density at radius 1 is 1.31 bits per heavy atom. The topological polar surface area (TPSA) is 40.5 Å². The van der Waals surface area contributed by atoms with Crippen molar-refractivity contribution in [3.63, 3.8) is 0 Å². The summed E-state index contributed by atoms with van der Waals surface area (Å²) >= 11 is 3.08. The monoisotopic (exact) mass is 290 g/mol. The Morgan fingerprint density at radius 2 is 1.94 bits per heavy atom. The van der Waals surface area contributed by atoms with Crippen molar-refractivity contribution in [1.29, 1.82) is 0 Å². The van der Waals surface area contributed by atoms with E-state index in [2.05, 4.69) is 15.9 Å². The zero-order chi connectivity index (χ0) is 12.3. The molecule has 0 aliphatic rings. The van der Waals surface area contributed by atoms with Crippen LogP contribution in [0.15, 0.2) is 22.7 Å². The van der Waals surface area contributed by atoms with Crippen molar-refractivity contribution in [3.05, 3.63) is 34.1 Å². The number of aliphatic hydroxyl groups excluding tert-OH is 2. The molecule has 0 saturated carbocycles. The summed E-state index contributed by atoms with van der Waals surface area (Å²) in [4.78, 5) is 0. The summed E-state index contributed by atoms with van der Waals surface area (Å²) in [5.41, 5.74) is 0.792. The van der Waals surface area contributed by atoms with Gasteiger partial charge in [-0.25, -0.2) is 4.39 Å². The van der Waals surface area contributed by atoms with Crippen molar-refractivity contribution in [3.8, 4) is 0 Å². The first-order valence-electron chi connectivity index (χ1n) is 5.22. The fourth-order valence-corrected chi connectivity index (χ4v) is 1.90. The van der Waals surface area contributed by atoms with Crippen LogP contribution in [-0.2, 0) is 6.42 Å². The average Bonchev–Trinajstić information content (AvgIpc) is 2.22. The summed E-state index contributed by atoms with van der Waals surface area (Å²) in [6.45, 7) is 3.68. The van der Waals surface area contributed by atoms with E-state index in [0.29, 0.717) is 10.9 Å². The van der Waals surface area contributed by atoms with Crippen molar-refractivity contribution in [1.82, 2.24) is 0 Å². The Morgan fingerprint density at radius 3 is 2.44 bits per heavy atom. The average molecular weight is 291 g/mol. The van der Waals surface area contributed by atoms with Crippen LogP contribution in [0.5, 0.6) is 0 Å². The number of hydrogen-bond acceptors (Lipinski definition) is 2. The molecule has 0 fully saturated rings. The molecule has 0 aliphatic carbocycles. The summed E-state index contributed by atoms with van der Waals surface area (Å²) in [5.74, 6) is -0.332. The largest absolute Gasteiger partial charge is 0.390 e. The molecule has 0 heterocycles. The summed E-state index contributed by atoms with van der Waals surface area (Å²) in [7, 11) is 0. The van der Waals surface area contributed by atoms with E-state index in [1.807, 2.05) is 13.8 Å². The van der Waals surface area contributed by atoms with Gasteiger partial charge in [0.1, 0.15) is 5.82 Å². The van der Waals surface area contributed by atoms with Gasteiger partial charge in [0.25, 0.3) is 0 Å². The van der Waals surface area contributed by atoms with E-state index in [4.69, 9.17) is 0 Å². The molecule has 16 heavy (non-hydrogen) atoms. The number of aliphatic hydroxyl groups is 2. The van der Waals surface area contributed by atoms with Crippen LogP contribution < -0.4 is 0 Å². The standard InChI is InChI=1S/C12H16BrFO2/c1-7(2)12(16)11(15)6-8-3-4-10(14)9(13)5-8/h3-5,7,11-12,15-16H,6H2,1-2H3. The van der Waals surface area contributed by atoms with Crippen LogP contribution in [0, 0.1) is 11.7 Å². The second kappa shape index (κ2) is 5.75. The van der Waals surface area contributed by atoms with Gasteiger partial charge in [0.15, 0.2) is 0 Å². The number of rotatable bonds is 4. The van der Waals surface area contributed by atoms with E-state index >= 15 is 0 Å². The van der Waals surface area contributed by atoms with Crippen molar-refractivity contribution >= 4 is 15.9 Å². The maximum atomic E-state index is 13.0. The minimum Gasteiger partial charge on any atom is -0.390 e. The van der Waals surface area contributed by atoms with Crippen molar-refractivity contribution in [2.45, 2.75) is 32.5 Å². The van der Waals surface area contributed by atoms with Crippen LogP contribution >= 0.6 is 15.9 Å². The lowest BCUT2D eigenvalue weighted by molar-refractivity contribution is -0.00732. The van der Waals surface area contributed by atoms with Crippen LogP contribution in [0.25, 0.3) is 0 Å². The molecule has 1 aromatic rings. The molecule has 1 rings (SSSR count). The molecule has 0 saturated heterocycles. The van der Waals surface area contributed by atoms with E-state index < -0.39 is 12.2 Å². The van der Waals surface area contributed by atoms with Crippen molar-refractivity contribution < 1.29 is 14.6 Å². The molecule has 2 nitrogen and oxygen atoms in total. The first-order valence-corrected chi connectivity index (χ1v) is 6.01. The Hall–Kier alpha value is -0.450. The molecule has 2 unspecified atom stereocenters. The molecule has 0 aromatic heterocycles. The van der Waals surface area contributed by atoms with Crippen molar-refractivity contribution in [2.75, 3.05) is 0 Å². The highest BCUT2D eigenvalue weighted by Crippen LogP contribution is 2.19. The molecular weight excluding hydrogens is 275 g/mol. The lowest BCUT2D eigenvalue weighted by atomic mass is 9.96. The first-order chi connectivity index (χ1) is 7.41. The van der Waals surface area contributed by atoms with Gasteiger partial charge in [0.2, 0.25) is 0 Å². The Bertz CT molecular complexity index is 355. The first kappa shape index (κ1) is 13.6. The van der Waals surface area contributed by atoms with Gasteiger partial charge >= 0.3 is 0 Å². The molecule has 90 valence electrons. The number of hydrogen-bond donors (Lipinski definition) is 2. The van der Waals surface area contributed by atoms with Gasteiger partial charge in [-0.15, -0.1) is 0 Å². The Labute approximate surface area is 103 Å². The second-order valence-electron chi connectivity index (χ2n) is 4.25. The van der Waals surface area contributed by atoms with Crippen LogP contribution in [0.3, 0.4) is 0 Å². The van der Waals surface area contributed by atoms with Crippen LogP contribution in [0.4, 0.5) is 4.39 Å². The predicted molar refractivity (Wildman–Crippen MR) is 64.7 cm³/mol. The number of halogens is 2. The third-order valence-corrected chi connectivity index (χ3v) is 3.11. The summed E-state index contributed by atoms with van der Waals surface area (Å²) in [6, 6.07) is 4.57. The normalized spacial score (nSPS) is 15.2. The highest BCUT2D eigenvalue weighted by molar-refractivity contribution is 9.10. The third kappa shape index (κ3) is 3.54. The van der Waals surface area contributed by atoms with Crippen LogP contribution in [0.2, 0.25) is 0 Å². The molecule has 0 radical (unpaired) electrons.